The second kappa shape index (κ2) is 8.25. The first-order valence-corrected chi connectivity index (χ1v) is 9.19. The molecule has 0 spiro atoms. The number of amides is 2. The zero-order valence-corrected chi connectivity index (χ0v) is 16.7. The van der Waals surface area contributed by atoms with Crippen LogP contribution in [-0.2, 0) is 11.0 Å². The van der Waals surface area contributed by atoms with Gasteiger partial charge in [0, 0.05) is 24.7 Å². The summed E-state index contributed by atoms with van der Waals surface area (Å²) in [5, 5.41) is 0. The zero-order valence-electron chi connectivity index (χ0n) is 16.7. The highest BCUT2D eigenvalue weighted by Crippen LogP contribution is 2.34. The van der Waals surface area contributed by atoms with Crippen molar-refractivity contribution >= 4 is 17.5 Å². The Hall–Kier alpha value is -3.23. The standard InChI is InChI=1S/C21H21F3N2O4/c1-13-19(27)26(17-12-16(29-2)8-9-18(17)30-3)11-10-25(13)20(28)14-4-6-15(7-5-14)21(22,23)24/h4-9,12-13H,10-11H2,1-3H3/t13-/m1/s1. The minimum absolute atomic E-state index is 0.0926. The second-order valence-electron chi connectivity index (χ2n) is 6.78. The Balaban J connectivity index is 1.81. The van der Waals surface area contributed by atoms with Crippen LogP contribution < -0.4 is 14.4 Å². The van der Waals surface area contributed by atoms with Crippen LogP contribution in [0.3, 0.4) is 0 Å². The number of rotatable bonds is 4. The number of halogens is 3. The lowest BCUT2D eigenvalue weighted by molar-refractivity contribution is -0.137. The number of hydrogen-bond acceptors (Lipinski definition) is 4. The van der Waals surface area contributed by atoms with Crippen LogP contribution in [0, 0.1) is 0 Å². The summed E-state index contributed by atoms with van der Waals surface area (Å²) in [6.45, 7) is 2.01. The van der Waals surface area contributed by atoms with Gasteiger partial charge in [0.15, 0.2) is 0 Å². The topological polar surface area (TPSA) is 59.1 Å². The van der Waals surface area contributed by atoms with E-state index in [0.29, 0.717) is 17.2 Å². The van der Waals surface area contributed by atoms with E-state index in [1.807, 2.05) is 0 Å². The second-order valence-corrected chi connectivity index (χ2v) is 6.78. The van der Waals surface area contributed by atoms with Crippen molar-refractivity contribution in [3.8, 4) is 11.5 Å². The summed E-state index contributed by atoms with van der Waals surface area (Å²) >= 11 is 0. The lowest BCUT2D eigenvalue weighted by Crippen LogP contribution is -2.57. The third kappa shape index (κ3) is 4.05. The van der Waals surface area contributed by atoms with Gasteiger partial charge in [-0.25, -0.2) is 0 Å². The van der Waals surface area contributed by atoms with Crippen molar-refractivity contribution in [1.29, 1.82) is 0 Å². The van der Waals surface area contributed by atoms with Crippen LogP contribution in [0.5, 0.6) is 11.5 Å². The van der Waals surface area contributed by atoms with E-state index in [-0.39, 0.29) is 24.6 Å². The summed E-state index contributed by atoms with van der Waals surface area (Å²) in [5.74, 6) is 0.211. The third-order valence-corrected chi connectivity index (χ3v) is 5.05. The highest BCUT2D eigenvalue weighted by Gasteiger charge is 2.37. The summed E-state index contributed by atoms with van der Waals surface area (Å²) in [6.07, 6.45) is -4.48. The van der Waals surface area contributed by atoms with Crippen molar-refractivity contribution < 1.29 is 32.2 Å². The molecule has 30 heavy (non-hydrogen) atoms. The molecular formula is C21H21F3N2O4. The van der Waals surface area contributed by atoms with Crippen LogP contribution in [0.1, 0.15) is 22.8 Å². The van der Waals surface area contributed by atoms with E-state index in [9.17, 15) is 22.8 Å². The first kappa shape index (κ1) is 21.5. The fourth-order valence-electron chi connectivity index (χ4n) is 3.36. The maximum absolute atomic E-state index is 13.0. The van der Waals surface area contributed by atoms with Gasteiger partial charge < -0.3 is 19.3 Å². The van der Waals surface area contributed by atoms with E-state index >= 15 is 0 Å². The van der Waals surface area contributed by atoms with Gasteiger partial charge in [-0.15, -0.1) is 0 Å². The number of anilines is 1. The third-order valence-electron chi connectivity index (χ3n) is 5.05. The van der Waals surface area contributed by atoms with Gasteiger partial charge in [0.2, 0.25) is 5.91 Å². The molecule has 9 heteroatoms. The molecular weight excluding hydrogens is 401 g/mol. The maximum Gasteiger partial charge on any atom is 0.416 e. The molecule has 0 radical (unpaired) electrons. The molecule has 0 aromatic heterocycles. The molecule has 0 N–H and O–H groups in total. The van der Waals surface area contributed by atoms with E-state index in [1.165, 1.54) is 24.0 Å². The molecule has 1 aliphatic heterocycles. The van der Waals surface area contributed by atoms with Gasteiger partial charge in [-0.05, 0) is 43.3 Å². The van der Waals surface area contributed by atoms with Crippen molar-refractivity contribution in [1.82, 2.24) is 4.90 Å². The fourth-order valence-corrected chi connectivity index (χ4v) is 3.36. The van der Waals surface area contributed by atoms with Crippen molar-refractivity contribution in [2.24, 2.45) is 0 Å². The number of ether oxygens (including phenoxy) is 2. The molecule has 0 bridgehead atoms. The Morgan fingerprint density at radius 1 is 1.03 bits per heavy atom. The maximum atomic E-state index is 13.0. The number of hydrogen-bond donors (Lipinski definition) is 0. The molecule has 2 aromatic rings. The molecule has 0 aliphatic carbocycles. The molecule has 0 unspecified atom stereocenters. The Morgan fingerprint density at radius 3 is 2.27 bits per heavy atom. The van der Waals surface area contributed by atoms with Gasteiger partial charge in [-0.1, -0.05) is 0 Å². The minimum atomic E-state index is -4.48. The summed E-state index contributed by atoms with van der Waals surface area (Å²) in [4.78, 5) is 28.7. The van der Waals surface area contributed by atoms with Gasteiger partial charge in [0.05, 0.1) is 25.5 Å². The normalized spacial score (nSPS) is 17.1. The quantitative estimate of drug-likeness (QED) is 0.756. The van der Waals surface area contributed by atoms with E-state index in [0.717, 1.165) is 24.3 Å². The Bertz CT molecular complexity index is 944. The van der Waals surface area contributed by atoms with Crippen LogP contribution in [-0.4, -0.2) is 50.1 Å². The van der Waals surface area contributed by atoms with Crippen LogP contribution in [0.4, 0.5) is 18.9 Å². The number of alkyl halides is 3. The molecule has 3 rings (SSSR count). The average molecular weight is 422 g/mol. The van der Waals surface area contributed by atoms with Crippen LogP contribution in [0.2, 0.25) is 0 Å². The van der Waals surface area contributed by atoms with E-state index in [1.54, 1.807) is 25.1 Å². The lowest BCUT2D eigenvalue weighted by atomic mass is 10.1. The van der Waals surface area contributed by atoms with E-state index in [4.69, 9.17) is 9.47 Å². The number of benzene rings is 2. The number of methoxy groups -OCH3 is 2. The Kier molecular flexibility index (Phi) is 5.91. The van der Waals surface area contributed by atoms with Gasteiger partial charge in [-0.3, -0.25) is 9.59 Å². The van der Waals surface area contributed by atoms with Gasteiger partial charge in [0.1, 0.15) is 17.5 Å². The molecule has 0 saturated carbocycles. The Morgan fingerprint density at radius 2 is 1.70 bits per heavy atom. The monoisotopic (exact) mass is 422 g/mol. The zero-order chi connectivity index (χ0) is 22.1. The van der Waals surface area contributed by atoms with Gasteiger partial charge in [-0.2, -0.15) is 13.2 Å². The highest BCUT2D eigenvalue weighted by molar-refractivity contribution is 6.04. The Labute approximate surface area is 171 Å². The molecule has 160 valence electrons. The SMILES string of the molecule is COc1ccc(OC)c(N2CCN(C(=O)c3ccc(C(F)(F)F)cc3)[C@H](C)C2=O)c1. The van der Waals surface area contributed by atoms with Gasteiger partial charge >= 0.3 is 6.18 Å². The first-order chi connectivity index (χ1) is 14.2. The largest absolute Gasteiger partial charge is 0.497 e. The average Bonchev–Trinajstić information content (AvgIpc) is 2.74. The highest BCUT2D eigenvalue weighted by atomic mass is 19.4. The fraction of sp³-hybridized carbons (Fsp3) is 0.333. The number of carbonyl (C=O) groups excluding carboxylic acids is 2. The predicted octanol–water partition coefficient (Wildman–Crippen LogP) is 3.60. The number of piperazine rings is 1. The van der Waals surface area contributed by atoms with E-state index in [2.05, 4.69) is 0 Å². The molecule has 1 aliphatic rings. The molecule has 1 fully saturated rings. The molecule has 6 nitrogen and oxygen atoms in total. The van der Waals surface area contributed by atoms with Crippen molar-refractivity contribution in [2.45, 2.75) is 19.1 Å². The first-order valence-electron chi connectivity index (χ1n) is 9.19. The predicted molar refractivity (Wildman–Crippen MR) is 104 cm³/mol. The number of nitrogens with zero attached hydrogens (tertiary/aromatic N) is 2. The van der Waals surface area contributed by atoms with Crippen molar-refractivity contribution in [3.63, 3.8) is 0 Å². The van der Waals surface area contributed by atoms with Crippen LogP contribution >= 0.6 is 0 Å². The summed E-state index contributed by atoms with van der Waals surface area (Å²) in [6, 6.07) is 8.24. The molecule has 1 heterocycles. The minimum Gasteiger partial charge on any atom is -0.497 e. The summed E-state index contributed by atoms with van der Waals surface area (Å²) < 4.78 is 48.8. The lowest BCUT2D eigenvalue weighted by Gasteiger charge is -2.39. The van der Waals surface area contributed by atoms with Crippen LogP contribution in [0.15, 0.2) is 42.5 Å². The van der Waals surface area contributed by atoms with Crippen molar-refractivity contribution in [3.05, 3.63) is 53.6 Å². The molecule has 1 atom stereocenters. The number of carbonyl (C=O) groups is 2. The smallest absolute Gasteiger partial charge is 0.416 e. The molecule has 2 aromatic carbocycles. The summed E-state index contributed by atoms with van der Waals surface area (Å²) in [7, 11) is 3.00. The molecule has 1 saturated heterocycles. The van der Waals surface area contributed by atoms with Crippen molar-refractivity contribution in [2.75, 3.05) is 32.2 Å². The molecule has 2 amide bonds. The summed E-state index contributed by atoms with van der Waals surface area (Å²) in [5.41, 5.74) is -0.219. The van der Waals surface area contributed by atoms with Crippen LogP contribution in [0.25, 0.3) is 0 Å². The van der Waals surface area contributed by atoms with Gasteiger partial charge in [0.25, 0.3) is 5.91 Å². The van der Waals surface area contributed by atoms with E-state index < -0.39 is 23.7 Å².